The van der Waals surface area contributed by atoms with E-state index in [1.165, 1.54) is 295 Å². The van der Waals surface area contributed by atoms with Crippen molar-refractivity contribution in [3.05, 3.63) is 0 Å². The standard InChI is InChI=1S/C87H170O17P2/c1-6-9-12-15-18-21-24-27-30-32-34-35-36-37-39-41-44-47-52-58-63-68-73-87(92)103-82(76-97-84(89)70-65-60-55-50-45-43-40-38-33-31-28-25-22-19-16-13-10-7-2)78-101-105(93,94)99-74-81(88)75-100-106(95,96)102-79-83(77-98-85(90)71-66-61-56-53-48-49-54-59-64-69-80(4)5)104-86(91)72-67-62-57-51-46-42-29-26-23-20-17-14-11-8-3/h80-83,88H,6-79H2,1-5H3,(H,93,94)(H,95,96)/t81-,82-,83-/m1/s1. The van der Waals surface area contributed by atoms with E-state index in [1.807, 2.05) is 0 Å². The highest BCUT2D eigenvalue weighted by atomic mass is 31.2. The molecule has 0 aromatic rings. The summed E-state index contributed by atoms with van der Waals surface area (Å²) in [4.78, 5) is 73.3. The lowest BCUT2D eigenvalue weighted by atomic mass is 10.0. The van der Waals surface area contributed by atoms with Crippen molar-refractivity contribution >= 4 is 39.5 Å². The van der Waals surface area contributed by atoms with Crippen molar-refractivity contribution in [2.24, 2.45) is 5.92 Å². The molecule has 0 amide bonds. The Hall–Kier alpha value is -1.94. The van der Waals surface area contributed by atoms with E-state index in [0.717, 1.165) is 95.8 Å². The molecule has 17 nitrogen and oxygen atoms in total. The first-order valence-electron chi connectivity index (χ1n) is 45.1. The van der Waals surface area contributed by atoms with E-state index in [4.69, 9.17) is 37.0 Å². The molecule has 2 unspecified atom stereocenters. The van der Waals surface area contributed by atoms with E-state index < -0.39 is 97.5 Å². The predicted octanol–water partition coefficient (Wildman–Crippen LogP) is 26.8. The monoisotopic (exact) mass is 1550 g/mol. The molecule has 0 aliphatic rings. The minimum Gasteiger partial charge on any atom is -0.462 e. The zero-order chi connectivity index (χ0) is 77.6. The molecule has 0 aromatic heterocycles. The third-order valence-electron chi connectivity index (χ3n) is 20.5. The molecule has 0 fully saturated rings. The first-order chi connectivity index (χ1) is 51.5. The van der Waals surface area contributed by atoms with Crippen LogP contribution in [0.1, 0.15) is 471 Å². The van der Waals surface area contributed by atoms with Crippen LogP contribution < -0.4 is 0 Å². The maximum atomic E-state index is 13.2. The highest BCUT2D eigenvalue weighted by Crippen LogP contribution is 2.45. The van der Waals surface area contributed by atoms with Crippen LogP contribution in [-0.4, -0.2) is 96.7 Å². The number of esters is 4. The first kappa shape index (κ1) is 104. The molecule has 3 N–H and O–H groups in total. The van der Waals surface area contributed by atoms with Gasteiger partial charge in [0.05, 0.1) is 26.4 Å². The molecule has 0 spiro atoms. The number of carbonyl (C=O) groups excluding carboxylic acids is 4. The number of phosphoric ester groups is 2. The van der Waals surface area contributed by atoms with Gasteiger partial charge in [-0.05, 0) is 31.6 Å². The van der Waals surface area contributed by atoms with Crippen LogP contribution in [-0.2, 0) is 65.4 Å². The van der Waals surface area contributed by atoms with Crippen molar-refractivity contribution in [1.29, 1.82) is 0 Å². The second-order valence-corrected chi connectivity index (χ2v) is 34.7. The minimum atomic E-state index is -4.97. The van der Waals surface area contributed by atoms with Gasteiger partial charge in [0.15, 0.2) is 12.2 Å². The Morgan fingerprint density at radius 1 is 0.255 bits per heavy atom. The van der Waals surface area contributed by atoms with Gasteiger partial charge in [-0.2, -0.15) is 0 Å². The Balaban J connectivity index is 5.23. The first-order valence-corrected chi connectivity index (χ1v) is 48.1. The summed E-state index contributed by atoms with van der Waals surface area (Å²) in [5.74, 6) is -1.35. The van der Waals surface area contributed by atoms with Crippen LogP contribution in [0, 0.1) is 5.92 Å². The molecule has 0 rings (SSSR count). The molecular formula is C87H170O17P2. The summed E-state index contributed by atoms with van der Waals surface area (Å²) >= 11 is 0. The normalized spacial score (nSPS) is 13.7. The molecule has 0 bridgehead atoms. The fourth-order valence-corrected chi connectivity index (χ4v) is 15.2. The number of aliphatic hydroxyl groups excluding tert-OH is 1. The molecule has 0 radical (unpaired) electrons. The molecule has 0 aliphatic carbocycles. The third kappa shape index (κ3) is 80.1. The summed E-state index contributed by atoms with van der Waals surface area (Å²) in [6, 6.07) is 0. The fraction of sp³-hybridized carbons (Fsp3) is 0.954. The zero-order valence-electron chi connectivity index (χ0n) is 69.6. The summed E-state index contributed by atoms with van der Waals surface area (Å²) < 4.78 is 68.9. The Kier molecular flexibility index (Phi) is 78.2. The van der Waals surface area contributed by atoms with Gasteiger partial charge in [-0.25, -0.2) is 9.13 Å². The Labute approximate surface area is 651 Å². The maximum absolute atomic E-state index is 13.2. The lowest BCUT2D eigenvalue weighted by molar-refractivity contribution is -0.161. The van der Waals surface area contributed by atoms with Gasteiger partial charge < -0.3 is 33.8 Å². The summed E-state index contributed by atoms with van der Waals surface area (Å²) in [5.41, 5.74) is 0. The van der Waals surface area contributed by atoms with E-state index in [-0.39, 0.29) is 25.7 Å². The van der Waals surface area contributed by atoms with E-state index in [0.29, 0.717) is 25.7 Å². The predicted molar refractivity (Wildman–Crippen MR) is 437 cm³/mol. The summed E-state index contributed by atoms with van der Waals surface area (Å²) in [6.45, 7) is 7.35. The SMILES string of the molecule is CCCCCCCCCCCCCCCCCCCCCCCCC(=O)O[C@H](COC(=O)CCCCCCCCCCCCCCCCCCCC)COP(=O)(O)OC[C@@H](O)COP(=O)(O)OC[C@@H](COC(=O)CCCCCCCCCCCC(C)C)OC(=O)CCCCCCCCCCCCCCCC. The second kappa shape index (κ2) is 79.7. The Morgan fingerprint density at radius 3 is 0.642 bits per heavy atom. The molecule has 0 saturated carbocycles. The molecule has 0 heterocycles. The second-order valence-electron chi connectivity index (χ2n) is 31.8. The number of unbranched alkanes of at least 4 members (excludes halogenated alkanes) is 59. The van der Waals surface area contributed by atoms with Crippen LogP contribution in [0.5, 0.6) is 0 Å². The van der Waals surface area contributed by atoms with Crippen molar-refractivity contribution in [3.63, 3.8) is 0 Å². The lowest BCUT2D eigenvalue weighted by Gasteiger charge is -2.21. The van der Waals surface area contributed by atoms with Crippen LogP contribution in [0.4, 0.5) is 0 Å². The summed E-state index contributed by atoms with van der Waals surface area (Å²) in [6.07, 6.45) is 73.7. The molecule has 5 atom stereocenters. The van der Waals surface area contributed by atoms with Crippen LogP contribution in [0.2, 0.25) is 0 Å². The smallest absolute Gasteiger partial charge is 0.462 e. The van der Waals surface area contributed by atoms with Gasteiger partial charge in [0.1, 0.15) is 19.3 Å². The van der Waals surface area contributed by atoms with Crippen molar-refractivity contribution in [2.45, 2.75) is 490 Å². The largest absolute Gasteiger partial charge is 0.472 e. The van der Waals surface area contributed by atoms with Gasteiger partial charge in [-0.1, -0.05) is 420 Å². The highest BCUT2D eigenvalue weighted by Gasteiger charge is 2.30. The quantitative estimate of drug-likeness (QED) is 0.0222. The number of ether oxygens (including phenoxy) is 4. The minimum absolute atomic E-state index is 0.108. The molecule has 630 valence electrons. The zero-order valence-corrected chi connectivity index (χ0v) is 71.4. The van der Waals surface area contributed by atoms with Crippen LogP contribution in [0.3, 0.4) is 0 Å². The van der Waals surface area contributed by atoms with Gasteiger partial charge in [0, 0.05) is 25.7 Å². The van der Waals surface area contributed by atoms with E-state index in [1.54, 1.807) is 0 Å². The summed E-state index contributed by atoms with van der Waals surface area (Å²) in [7, 11) is -9.93. The molecule has 106 heavy (non-hydrogen) atoms. The topological polar surface area (TPSA) is 237 Å². The van der Waals surface area contributed by atoms with E-state index in [2.05, 4.69) is 34.6 Å². The number of aliphatic hydroxyl groups is 1. The number of hydrogen-bond donors (Lipinski definition) is 3. The summed E-state index contributed by atoms with van der Waals surface area (Å²) in [5, 5.41) is 10.7. The van der Waals surface area contributed by atoms with Crippen molar-refractivity contribution < 1.29 is 80.2 Å². The number of carbonyl (C=O) groups is 4. The maximum Gasteiger partial charge on any atom is 0.472 e. The fourth-order valence-electron chi connectivity index (χ4n) is 13.6. The van der Waals surface area contributed by atoms with Crippen molar-refractivity contribution in [1.82, 2.24) is 0 Å². The van der Waals surface area contributed by atoms with Gasteiger partial charge in [0.2, 0.25) is 0 Å². The highest BCUT2D eigenvalue weighted by molar-refractivity contribution is 7.47. The number of rotatable bonds is 87. The molecule has 0 aliphatic heterocycles. The van der Waals surface area contributed by atoms with Crippen molar-refractivity contribution in [2.75, 3.05) is 39.6 Å². The number of hydrogen-bond acceptors (Lipinski definition) is 15. The Morgan fingerprint density at radius 2 is 0.434 bits per heavy atom. The molecular weight excluding hydrogens is 1380 g/mol. The average Bonchev–Trinajstić information content (AvgIpc) is 1.00. The van der Waals surface area contributed by atoms with Gasteiger partial charge in [-0.15, -0.1) is 0 Å². The van der Waals surface area contributed by atoms with Gasteiger partial charge >= 0.3 is 39.5 Å². The van der Waals surface area contributed by atoms with Crippen LogP contribution >= 0.6 is 15.6 Å². The van der Waals surface area contributed by atoms with Gasteiger partial charge in [-0.3, -0.25) is 37.3 Å². The molecule has 19 heteroatoms. The van der Waals surface area contributed by atoms with Gasteiger partial charge in [0.25, 0.3) is 0 Å². The molecule has 0 aromatic carbocycles. The van der Waals surface area contributed by atoms with E-state index >= 15 is 0 Å². The lowest BCUT2D eigenvalue weighted by Crippen LogP contribution is -2.30. The number of phosphoric acid groups is 2. The van der Waals surface area contributed by atoms with Crippen molar-refractivity contribution in [3.8, 4) is 0 Å². The molecule has 0 saturated heterocycles. The van der Waals surface area contributed by atoms with Crippen LogP contribution in [0.25, 0.3) is 0 Å². The Bertz CT molecular complexity index is 2010. The van der Waals surface area contributed by atoms with E-state index in [9.17, 15) is 43.2 Å². The third-order valence-corrected chi connectivity index (χ3v) is 22.4. The average molecular weight is 1550 g/mol. The van der Waals surface area contributed by atoms with Crippen LogP contribution in [0.15, 0.2) is 0 Å².